The third kappa shape index (κ3) is 2.17. The van der Waals surface area contributed by atoms with Gasteiger partial charge in [0.15, 0.2) is 0 Å². The van der Waals surface area contributed by atoms with Crippen molar-refractivity contribution in [2.24, 2.45) is 0 Å². The lowest BCUT2D eigenvalue weighted by atomic mass is 10.3. The van der Waals surface area contributed by atoms with E-state index in [0.717, 1.165) is 42.6 Å². The molecule has 102 valence electrons. The van der Waals surface area contributed by atoms with Crippen molar-refractivity contribution >= 4 is 11.3 Å². The van der Waals surface area contributed by atoms with Crippen LogP contribution < -0.4 is 0 Å². The minimum atomic E-state index is 0.716. The Kier molecular flexibility index (Phi) is 2.90. The Morgan fingerprint density at radius 3 is 3.25 bits per heavy atom. The molecule has 20 heavy (non-hydrogen) atoms. The summed E-state index contributed by atoms with van der Waals surface area (Å²) in [6.07, 6.45) is 5.66. The van der Waals surface area contributed by atoms with Crippen molar-refractivity contribution in [3.63, 3.8) is 0 Å². The topological polar surface area (TPSA) is 47.1 Å². The molecule has 0 aromatic carbocycles. The molecule has 4 heterocycles. The van der Waals surface area contributed by atoms with Gasteiger partial charge in [0.1, 0.15) is 12.1 Å². The van der Waals surface area contributed by atoms with E-state index >= 15 is 0 Å². The highest BCUT2D eigenvalue weighted by atomic mass is 32.1. The number of aromatic nitrogens is 3. The summed E-state index contributed by atoms with van der Waals surface area (Å²) in [4.78, 5) is 12.4. The van der Waals surface area contributed by atoms with Gasteiger partial charge in [-0.3, -0.25) is 4.90 Å². The zero-order chi connectivity index (χ0) is 13.4. The molecule has 3 aromatic rings. The number of thiophene rings is 1. The second kappa shape index (κ2) is 4.88. The van der Waals surface area contributed by atoms with Gasteiger partial charge in [-0.15, -0.1) is 11.3 Å². The van der Waals surface area contributed by atoms with Crippen molar-refractivity contribution in [1.82, 2.24) is 19.4 Å². The summed E-state index contributed by atoms with van der Waals surface area (Å²) in [6, 6.07) is 4.03. The van der Waals surface area contributed by atoms with E-state index in [-0.39, 0.29) is 0 Å². The van der Waals surface area contributed by atoms with Crippen LogP contribution in [0.25, 0.3) is 10.8 Å². The molecular weight excluding hydrogens is 272 g/mol. The Hall–Kier alpha value is -1.92. The van der Waals surface area contributed by atoms with Crippen LogP contribution in [0.2, 0.25) is 0 Å². The maximum Gasteiger partial charge on any atom is 0.236 e. The Morgan fingerprint density at radius 1 is 1.35 bits per heavy atom. The summed E-state index contributed by atoms with van der Waals surface area (Å²) in [7, 11) is 0. The molecule has 1 aliphatic rings. The molecule has 0 aliphatic carbocycles. The molecule has 6 heteroatoms. The second-order valence-corrected chi connectivity index (χ2v) is 5.82. The minimum Gasteiger partial charge on any atom is -0.444 e. The van der Waals surface area contributed by atoms with Crippen molar-refractivity contribution in [3.8, 4) is 10.8 Å². The maximum absolute atomic E-state index is 5.56. The molecule has 0 saturated heterocycles. The highest BCUT2D eigenvalue weighted by Gasteiger charge is 2.18. The summed E-state index contributed by atoms with van der Waals surface area (Å²) in [6.45, 7) is 3.69. The lowest BCUT2D eigenvalue weighted by molar-refractivity contribution is 0.206. The van der Waals surface area contributed by atoms with Gasteiger partial charge in [-0.25, -0.2) is 9.97 Å². The van der Waals surface area contributed by atoms with Crippen LogP contribution in [0.4, 0.5) is 0 Å². The number of hydrogen-bond acceptors (Lipinski definition) is 5. The molecule has 0 bridgehead atoms. The normalized spacial score (nSPS) is 15.4. The summed E-state index contributed by atoms with van der Waals surface area (Å²) in [5.41, 5.74) is 0.980. The highest BCUT2D eigenvalue weighted by molar-refractivity contribution is 7.13. The second-order valence-electron chi connectivity index (χ2n) is 4.87. The van der Waals surface area contributed by atoms with Crippen molar-refractivity contribution < 1.29 is 4.42 Å². The first-order chi connectivity index (χ1) is 9.88. The third-order valence-electron chi connectivity index (χ3n) is 3.49. The lowest BCUT2D eigenvalue weighted by Crippen LogP contribution is -2.33. The fourth-order valence-corrected chi connectivity index (χ4v) is 3.14. The number of fused-ring (bicyclic) bond motifs is 1. The fraction of sp³-hybridized carbons (Fsp3) is 0.286. The van der Waals surface area contributed by atoms with Crippen LogP contribution in [0.3, 0.4) is 0 Å². The van der Waals surface area contributed by atoms with Gasteiger partial charge in [-0.2, -0.15) is 0 Å². The Bertz CT molecular complexity index is 700. The molecule has 0 amide bonds. The number of hydrogen-bond donors (Lipinski definition) is 0. The molecule has 5 nitrogen and oxygen atoms in total. The molecule has 0 atom stereocenters. The Labute approximate surface area is 120 Å². The molecule has 1 aliphatic heterocycles. The van der Waals surface area contributed by atoms with Gasteiger partial charge in [0.2, 0.25) is 5.89 Å². The van der Waals surface area contributed by atoms with Gasteiger partial charge in [-0.05, 0) is 11.4 Å². The van der Waals surface area contributed by atoms with E-state index in [1.54, 1.807) is 17.6 Å². The van der Waals surface area contributed by atoms with E-state index in [4.69, 9.17) is 4.42 Å². The predicted octanol–water partition coefficient (Wildman–Crippen LogP) is 2.62. The Morgan fingerprint density at radius 2 is 2.35 bits per heavy atom. The van der Waals surface area contributed by atoms with Crippen LogP contribution in [-0.2, 0) is 19.6 Å². The molecule has 0 radical (unpaired) electrons. The summed E-state index contributed by atoms with van der Waals surface area (Å²) in [5.74, 6) is 1.84. The molecule has 3 aromatic heterocycles. The van der Waals surface area contributed by atoms with Gasteiger partial charge in [0.25, 0.3) is 0 Å². The average Bonchev–Trinajstić information content (AvgIpc) is 3.19. The fourth-order valence-electron chi connectivity index (χ4n) is 2.48. The van der Waals surface area contributed by atoms with Crippen LogP contribution in [0, 0.1) is 0 Å². The van der Waals surface area contributed by atoms with Crippen LogP contribution in [0.5, 0.6) is 0 Å². The lowest BCUT2D eigenvalue weighted by Gasteiger charge is -2.26. The first kappa shape index (κ1) is 11.9. The van der Waals surface area contributed by atoms with Crippen LogP contribution >= 0.6 is 11.3 Å². The minimum absolute atomic E-state index is 0.716. The van der Waals surface area contributed by atoms with Crippen molar-refractivity contribution in [3.05, 3.63) is 47.7 Å². The molecule has 0 fully saturated rings. The van der Waals surface area contributed by atoms with Crippen LogP contribution in [-0.4, -0.2) is 26.0 Å². The summed E-state index contributed by atoms with van der Waals surface area (Å²) in [5, 5.41) is 2.03. The van der Waals surface area contributed by atoms with E-state index in [2.05, 4.69) is 19.4 Å². The highest BCUT2D eigenvalue weighted by Crippen LogP contribution is 2.24. The zero-order valence-corrected chi connectivity index (χ0v) is 11.7. The molecule has 0 spiro atoms. The van der Waals surface area contributed by atoms with Crippen molar-refractivity contribution in [2.45, 2.75) is 19.6 Å². The number of oxazole rings is 1. The first-order valence-electron chi connectivity index (χ1n) is 6.59. The van der Waals surface area contributed by atoms with E-state index < -0.39 is 0 Å². The molecular formula is C14H14N4OS. The average molecular weight is 286 g/mol. The van der Waals surface area contributed by atoms with Gasteiger partial charge in [0.05, 0.1) is 17.1 Å². The Balaban J connectivity index is 1.48. The predicted molar refractivity (Wildman–Crippen MR) is 76.2 cm³/mol. The molecule has 0 N–H and O–H groups in total. The van der Waals surface area contributed by atoms with Crippen molar-refractivity contribution in [2.75, 3.05) is 6.54 Å². The first-order valence-corrected chi connectivity index (χ1v) is 7.47. The standard InChI is InChI=1S/C14H14N4OS/c1-2-12(20-7-1)14-16-11(10-19-14)8-17-5-6-18-4-3-15-13(18)9-17/h1-4,7,10H,5-6,8-9H2. The number of nitrogens with zero attached hydrogens (tertiary/aromatic N) is 4. The quantitative estimate of drug-likeness (QED) is 0.742. The third-order valence-corrected chi connectivity index (χ3v) is 4.35. The molecule has 4 rings (SSSR count). The zero-order valence-electron chi connectivity index (χ0n) is 10.9. The van der Waals surface area contributed by atoms with E-state index in [0.29, 0.717) is 5.89 Å². The van der Waals surface area contributed by atoms with Gasteiger partial charge in [-0.1, -0.05) is 6.07 Å². The van der Waals surface area contributed by atoms with E-state index in [1.165, 1.54) is 0 Å². The van der Waals surface area contributed by atoms with Crippen LogP contribution in [0.15, 0.2) is 40.6 Å². The molecule has 0 saturated carbocycles. The largest absolute Gasteiger partial charge is 0.444 e. The smallest absolute Gasteiger partial charge is 0.236 e. The van der Waals surface area contributed by atoms with Gasteiger partial charge in [0, 0.05) is 32.0 Å². The maximum atomic E-state index is 5.56. The van der Waals surface area contributed by atoms with Gasteiger partial charge >= 0.3 is 0 Å². The number of imidazole rings is 1. The number of rotatable bonds is 3. The summed E-state index contributed by atoms with van der Waals surface area (Å²) < 4.78 is 7.76. The summed E-state index contributed by atoms with van der Waals surface area (Å²) >= 11 is 1.64. The monoisotopic (exact) mass is 286 g/mol. The van der Waals surface area contributed by atoms with Crippen LogP contribution in [0.1, 0.15) is 11.5 Å². The SMILES string of the molecule is c1csc(-c2nc(CN3CCn4ccnc4C3)co2)c1. The van der Waals surface area contributed by atoms with Crippen molar-refractivity contribution in [1.29, 1.82) is 0 Å². The molecule has 0 unspecified atom stereocenters. The van der Waals surface area contributed by atoms with E-state index in [9.17, 15) is 0 Å². The van der Waals surface area contributed by atoms with E-state index in [1.807, 2.05) is 29.9 Å². The van der Waals surface area contributed by atoms with Gasteiger partial charge < -0.3 is 8.98 Å².